The number of hydroxylamine groups is 2. The second-order valence-electron chi connectivity index (χ2n) is 8.79. The van der Waals surface area contributed by atoms with Gasteiger partial charge < -0.3 is 33.9 Å². The molecular formula is C30H24BrCl2F6MgN3O5. The van der Waals surface area contributed by atoms with E-state index in [-0.39, 0.29) is 70.7 Å². The van der Waals surface area contributed by atoms with Crippen LogP contribution in [-0.4, -0.2) is 63.9 Å². The van der Waals surface area contributed by atoms with Crippen LogP contribution in [0.4, 0.5) is 26.3 Å². The largest absolute Gasteiger partial charge is 2.00 e. The molecular weight excluding hydrogens is 771 g/mol. The maximum Gasteiger partial charge on any atom is 2.00 e. The second kappa shape index (κ2) is 19.1. The van der Waals surface area contributed by atoms with E-state index in [1.165, 1.54) is 55.6 Å². The number of rotatable bonds is 7. The first kappa shape index (κ1) is 44.8. The summed E-state index contributed by atoms with van der Waals surface area (Å²) in [5.74, 6) is -1.71. The number of amides is 1. The molecule has 0 aliphatic heterocycles. The van der Waals surface area contributed by atoms with E-state index in [0.717, 1.165) is 26.4 Å². The van der Waals surface area contributed by atoms with E-state index < -0.39 is 46.3 Å². The molecule has 8 nitrogen and oxygen atoms in total. The minimum absolute atomic E-state index is 0. The number of aromatic nitrogens is 2. The van der Waals surface area contributed by atoms with Crippen molar-refractivity contribution in [1.29, 1.82) is 0 Å². The van der Waals surface area contributed by atoms with Gasteiger partial charge in [-0.1, -0.05) is 23.2 Å². The Morgan fingerprint density at radius 3 is 1.42 bits per heavy atom. The van der Waals surface area contributed by atoms with Crippen LogP contribution in [-0.2, 0) is 17.2 Å². The molecule has 0 N–H and O–H groups in total. The van der Waals surface area contributed by atoms with Crippen LogP contribution in [0.3, 0.4) is 0 Å². The number of alkyl halides is 6. The fourth-order valence-corrected chi connectivity index (χ4v) is 3.66. The summed E-state index contributed by atoms with van der Waals surface area (Å²) >= 11 is 11.4. The third-order valence-electron chi connectivity index (χ3n) is 5.61. The molecule has 48 heavy (non-hydrogen) atoms. The molecule has 0 unspecified atom stereocenters. The molecule has 0 aliphatic rings. The van der Waals surface area contributed by atoms with Crippen molar-refractivity contribution in [2.45, 2.75) is 19.3 Å². The Labute approximate surface area is 308 Å². The van der Waals surface area contributed by atoms with E-state index in [2.05, 4.69) is 14.8 Å². The smallest absolute Gasteiger partial charge is 1.00 e. The Morgan fingerprint density at radius 1 is 0.729 bits per heavy atom. The zero-order chi connectivity index (χ0) is 33.5. The van der Waals surface area contributed by atoms with Crippen LogP contribution in [0.25, 0.3) is 0 Å². The fraction of sp³-hybridized carbons (Fsp3) is 0.167. The normalized spacial score (nSPS) is 10.6. The molecule has 2 aromatic carbocycles. The summed E-state index contributed by atoms with van der Waals surface area (Å²) < 4.78 is 89.0. The zero-order valence-corrected chi connectivity index (χ0v) is 29.9. The minimum Gasteiger partial charge on any atom is -1.00 e. The van der Waals surface area contributed by atoms with Crippen LogP contribution in [0.1, 0.15) is 38.8 Å². The van der Waals surface area contributed by atoms with Crippen molar-refractivity contribution >= 4 is 57.9 Å². The van der Waals surface area contributed by atoms with E-state index in [0.29, 0.717) is 27.2 Å². The number of Topliss-reactive ketones (excluding diaryl/α,β-unsaturated/α-hetero) is 1. The molecule has 1 amide bonds. The van der Waals surface area contributed by atoms with Crippen molar-refractivity contribution < 1.29 is 67.2 Å². The number of carbonyl (C=O) groups excluding carboxylic acids is 2. The Kier molecular flexibility index (Phi) is 17.9. The molecule has 0 saturated carbocycles. The van der Waals surface area contributed by atoms with Gasteiger partial charge in [-0.05, 0) is 55.5 Å². The first-order chi connectivity index (χ1) is 21.0. The first-order valence-corrected chi connectivity index (χ1v) is 13.1. The topological polar surface area (TPSA) is 90.9 Å². The average molecular weight is 796 g/mol. The summed E-state index contributed by atoms with van der Waals surface area (Å²) in [5, 5.41) is 1.60. The van der Waals surface area contributed by atoms with Crippen LogP contribution in [0.5, 0.6) is 23.3 Å². The number of hydrogen-bond acceptors (Lipinski definition) is 7. The van der Waals surface area contributed by atoms with E-state index in [1.54, 1.807) is 0 Å². The molecule has 18 heteroatoms. The Hall–Kier alpha value is -3.15. The fourth-order valence-electron chi connectivity index (χ4n) is 3.40. The number of halogens is 9. The molecule has 0 aliphatic carbocycles. The van der Waals surface area contributed by atoms with Gasteiger partial charge >= 0.3 is 35.4 Å². The SMILES string of the molecule is CC(=O)c1cnc(Oc2ccc(Cl)cc2)cc1C(F)(F)F.CON(C)C(=O)c1cnc(Oc2ccc(Cl)cc2)cc1C(F)(F)F.[Br-].[CH3-].[Mg+2]. The quantitative estimate of drug-likeness (QED) is 0.0746. The van der Waals surface area contributed by atoms with Gasteiger partial charge in [-0.2, -0.15) is 26.3 Å². The molecule has 2 aromatic heterocycles. The molecule has 0 saturated heterocycles. The number of benzene rings is 2. The number of pyridine rings is 2. The second-order valence-corrected chi connectivity index (χ2v) is 9.66. The molecule has 0 bridgehead atoms. The predicted molar refractivity (Wildman–Crippen MR) is 163 cm³/mol. The summed E-state index contributed by atoms with van der Waals surface area (Å²) in [4.78, 5) is 35.3. The molecule has 4 aromatic rings. The minimum atomic E-state index is -4.76. The molecule has 0 fully saturated rings. The Balaban J connectivity index is 0.000000873. The van der Waals surface area contributed by atoms with Gasteiger partial charge in [0.05, 0.1) is 23.8 Å². The first-order valence-electron chi connectivity index (χ1n) is 12.3. The molecule has 0 atom stereocenters. The van der Waals surface area contributed by atoms with Gasteiger partial charge in [0.1, 0.15) is 11.5 Å². The van der Waals surface area contributed by atoms with Crippen LogP contribution in [0, 0.1) is 7.43 Å². The van der Waals surface area contributed by atoms with Gasteiger partial charge in [-0.3, -0.25) is 14.4 Å². The average Bonchev–Trinajstić information content (AvgIpc) is 2.98. The number of carbonyl (C=O) groups is 2. The molecule has 0 spiro atoms. The number of ether oxygens (including phenoxy) is 2. The number of ketones is 1. The monoisotopic (exact) mass is 793 g/mol. The third kappa shape index (κ3) is 12.7. The maximum atomic E-state index is 13.2. The third-order valence-corrected chi connectivity index (χ3v) is 6.11. The predicted octanol–water partition coefficient (Wildman–Crippen LogP) is 6.00. The number of nitrogens with zero attached hydrogens (tertiary/aromatic N) is 3. The van der Waals surface area contributed by atoms with Crippen LogP contribution in [0.15, 0.2) is 73.1 Å². The maximum absolute atomic E-state index is 13.2. The van der Waals surface area contributed by atoms with E-state index in [9.17, 15) is 35.9 Å². The van der Waals surface area contributed by atoms with E-state index in [4.69, 9.17) is 32.7 Å². The zero-order valence-electron chi connectivity index (χ0n) is 25.4. The van der Waals surface area contributed by atoms with Gasteiger partial charge in [-0.15, -0.1) is 0 Å². The summed E-state index contributed by atoms with van der Waals surface area (Å²) in [7, 11) is 2.36. The van der Waals surface area contributed by atoms with Crippen molar-refractivity contribution in [3.8, 4) is 23.3 Å². The van der Waals surface area contributed by atoms with Gasteiger partial charge in [0.2, 0.25) is 11.8 Å². The summed E-state index contributed by atoms with van der Waals surface area (Å²) in [6.07, 6.45) is -7.77. The molecule has 0 radical (unpaired) electrons. The Bertz CT molecular complexity index is 1670. The van der Waals surface area contributed by atoms with Crippen LogP contribution >= 0.6 is 23.2 Å². The van der Waals surface area contributed by atoms with Gasteiger partial charge in [-0.25, -0.2) is 15.0 Å². The summed E-state index contributed by atoms with van der Waals surface area (Å²) in [6.45, 7) is 1.05. The standard InChI is InChI=1S/C15H12ClF3N2O3.C14H9ClF3NO2.CH3.BrH.Mg/c1-21(23-2)14(22)11-8-20-13(7-12(11)15(17,18)19)24-10-5-3-9(16)4-6-10;1-8(20)11-7-19-13(6-12(11)14(16,17)18)21-10-4-2-9(15)3-5-10;;;/h3-8H,1-2H3;2-7H,1H3;1H3;1H;/q;;-1;;+2/p-1. The van der Waals surface area contributed by atoms with Crippen molar-refractivity contribution in [3.05, 3.63) is 113 Å². The molecule has 4 rings (SSSR count). The summed E-state index contributed by atoms with van der Waals surface area (Å²) in [5.41, 5.74) is -3.38. The van der Waals surface area contributed by atoms with Gasteiger partial charge in [0, 0.05) is 47.2 Å². The van der Waals surface area contributed by atoms with Gasteiger partial charge in [0.25, 0.3) is 5.91 Å². The van der Waals surface area contributed by atoms with Crippen molar-refractivity contribution in [2.75, 3.05) is 14.2 Å². The van der Waals surface area contributed by atoms with Gasteiger partial charge in [0.15, 0.2) is 5.78 Å². The van der Waals surface area contributed by atoms with E-state index >= 15 is 0 Å². The van der Waals surface area contributed by atoms with Crippen molar-refractivity contribution in [2.24, 2.45) is 0 Å². The molecule has 254 valence electrons. The van der Waals surface area contributed by atoms with Crippen molar-refractivity contribution in [3.63, 3.8) is 0 Å². The van der Waals surface area contributed by atoms with E-state index in [1.807, 2.05) is 0 Å². The molecule has 2 heterocycles. The van der Waals surface area contributed by atoms with Crippen LogP contribution < -0.4 is 26.5 Å². The summed E-state index contributed by atoms with van der Waals surface area (Å²) in [6, 6.07) is 13.4. The van der Waals surface area contributed by atoms with Crippen LogP contribution in [0.2, 0.25) is 10.0 Å². The number of hydrogen-bond donors (Lipinski definition) is 0. The Morgan fingerprint density at radius 2 is 1.08 bits per heavy atom. The van der Waals surface area contributed by atoms with Crippen molar-refractivity contribution in [1.82, 2.24) is 15.0 Å².